The highest BCUT2D eigenvalue weighted by Gasteiger charge is 2.06. The zero-order chi connectivity index (χ0) is 13.8. The molecule has 0 saturated heterocycles. The summed E-state index contributed by atoms with van der Waals surface area (Å²) in [5.41, 5.74) is 0.736. The molecule has 19 heavy (non-hydrogen) atoms. The number of benzene rings is 1. The molecule has 0 unspecified atom stereocenters. The second kappa shape index (κ2) is 5.13. The lowest BCUT2D eigenvalue weighted by molar-refractivity contribution is -0.385. The van der Waals surface area contributed by atoms with E-state index in [2.05, 4.69) is 10.3 Å². The molecule has 0 spiro atoms. The molecule has 1 heterocycles. The van der Waals surface area contributed by atoms with Gasteiger partial charge in [0.2, 0.25) is 0 Å². The van der Waals surface area contributed by atoms with E-state index in [1.807, 2.05) is 0 Å². The van der Waals surface area contributed by atoms with Crippen molar-refractivity contribution in [2.24, 2.45) is 0 Å². The van der Waals surface area contributed by atoms with Crippen LogP contribution < -0.4 is 5.32 Å². The van der Waals surface area contributed by atoms with Crippen LogP contribution in [0.2, 0.25) is 0 Å². The zero-order valence-corrected chi connectivity index (χ0v) is 9.61. The molecule has 2 aromatic rings. The average Bonchev–Trinajstić information content (AvgIpc) is 2.40. The number of carbonyl (C=O) groups is 1. The third kappa shape index (κ3) is 3.03. The summed E-state index contributed by atoms with van der Waals surface area (Å²) in [6.45, 7) is 0. The Hall–Kier alpha value is -2.96. The van der Waals surface area contributed by atoms with E-state index in [-0.39, 0.29) is 11.3 Å². The number of aromatic carboxylic acids is 1. The number of nitrogens with one attached hydrogen (secondary N) is 1. The van der Waals surface area contributed by atoms with E-state index in [9.17, 15) is 14.9 Å². The van der Waals surface area contributed by atoms with Crippen LogP contribution in [-0.2, 0) is 0 Å². The van der Waals surface area contributed by atoms with Crippen molar-refractivity contribution in [3.05, 3.63) is 58.3 Å². The summed E-state index contributed by atoms with van der Waals surface area (Å²) in [6.07, 6.45) is 1.15. The van der Waals surface area contributed by atoms with E-state index < -0.39 is 10.9 Å². The molecule has 0 amide bonds. The molecule has 0 radical (unpaired) electrons. The molecule has 2 rings (SSSR count). The SMILES string of the molecule is O=C(O)c1ccc(Nc2ccc([N+](=O)[O-])cn2)cc1. The van der Waals surface area contributed by atoms with Crippen molar-refractivity contribution in [2.75, 3.05) is 5.32 Å². The molecule has 0 saturated carbocycles. The minimum absolute atomic E-state index is 0.0909. The molecule has 0 aliphatic carbocycles. The predicted octanol–water partition coefficient (Wildman–Crippen LogP) is 2.43. The lowest BCUT2D eigenvalue weighted by Gasteiger charge is -2.05. The monoisotopic (exact) mass is 259 g/mol. The second-order valence-electron chi connectivity index (χ2n) is 3.67. The fourth-order valence-electron chi connectivity index (χ4n) is 1.41. The van der Waals surface area contributed by atoms with E-state index in [1.54, 1.807) is 12.1 Å². The quantitative estimate of drug-likeness (QED) is 0.645. The largest absolute Gasteiger partial charge is 0.478 e. The maximum atomic E-state index is 10.7. The van der Waals surface area contributed by atoms with Crippen molar-refractivity contribution >= 4 is 23.2 Å². The van der Waals surface area contributed by atoms with E-state index in [4.69, 9.17) is 5.11 Å². The number of nitro groups is 1. The van der Waals surface area contributed by atoms with Gasteiger partial charge in [-0.1, -0.05) is 0 Å². The van der Waals surface area contributed by atoms with Crippen LogP contribution >= 0.6 is 0 Å². The third-order valence-electron chi connectivity index (χ3n) is 2.36. The van der Waals surface area contributed by atoms with Gasteiger partial charge < -0.3 is 10.4 Å². The highest BCUT2D eigenvalue weighted by molar-refractivity contribution is 5.88. The molecule has 0 aliphatic heterocycles. The average molecular weight is 259 g/mol. The number of nitrogens with zero attached hydrogens (tertiary/aromatic N) is 2. The number of rotatable bonds is 4. The number of carboxylic acids is 1. The summed E-state index contributed by atoms with van der Waals surface area (Å²) in [5.74, 6) is -0.561. The first kappa shape index (κ1) is 12.5. The van der Waals surface area contributed by atoms with E-state index in [1.165, 1.54) is 24.3 Å². The Labute approximate surface area is 107 Å². The van der Waals surface area contributed by atoms with E-state index >= 15 is 0 Å². The van der Waals surface area contributed by atoms with Crippen molar-refractivity contribution in [1.29, 1.82) is 0 Å². The lowest BCUT2D eigenvalue weighted by Crippen LogP contribution is -1.98. The first-order valence-electron chi connectivity index (χ1n) is 5.27. The fraction of sp³-hybridized carbons (Fsp3) is 0. The van der Waals surface area contributed by atoms with Crippen LogP contribution in [0.4, 0.5) is 17.2 Å². The first-order chi connectivity index (χ1) is 9.06. The van der Waals surface area contributed by atoms with Crippen molar-refractivity contribution < 1.29 is 14.8 Å². The van der Waals surface area contributed by atoms with Crippen molar-refractivity contribution in [3.8, 4) is 0 Å². The highest BCUT2D eigenvalue weighted by atomic mass is 16.6. The predicted molar refractivity (Wildman–Crippen MR) is 67.6 cm³/mol. The van der Waals surface area contributed by atoms with E-state index in [0.29, 0.717) is 11.5 Å². The zero-order valence-electron chi connectivity index (χ0n) is 9.61. The Morgan fingerprint density at radius 2 is 1.89 bits per heavy atom. The molecular formula is C12H9N3O4. The van der Waals surface area contributed by atoms with Crippen LogP contribution in [0.25, 0.3) is 0 Å². The molecule has 0 bridgehead atoms. The number of anilines is 2. The maximum absolute atomic E-state index is 10.7. The molecule has 1 aromatic heterocycles. The summed E-state index contributed by atoms with van der Waals surface area (Å²) in [5, 5.41) is 22.1. The summed E-state index contributed by atoms with van der Waals surface area (Å²) in [6, 6.07) is 8.90. The topological polar surface area (TPSA) is 105 Å². The molecule has 7 heteroatoms. The van der Waals surface area contributed by atoms with Crippen LogP contribution in [0, 0.1) is 10.1 Å². The molecule has 2 N–H and O–H groups in total. The third-order valence-corrected chi connectivity index (χ3v) is 2.36. The second-order valence-corrected chi connectivity index (χ2v) is 3.67. The van der Waals surface area contributed by atoms with Crippen LogP contribution in [-0.4, -0.2) is 21.0 Å². The van der Waals surface area contributed by atoms with Gasteiger partial charge in [0.1, 0.15) is 12.0 Å². The number of pyridine rings is 1. The lowest BCUT2D eigenvalue weighted by atomic mass is 10.2. The number of hydrogen-bond acceptors (Lipinski definition) is 5. The van der Waals surface area contributed by atoms with Gasteiger partial charge in [-0.3, -0.25) is 10.1 Å². The minimum Gasteiger partial charge on any atom is -0.478 e. The smallest absolute Gasteiger partial charge is 0.335 e. The number of aromatic nitrogens is 1. The maximum Gasteiger partial charge on any atom is 0.335 e. The Morgan fingerprint density at radius 1 is 1.21 bits per heavy atom. The van der Waals surface area contributed by atoms with Gasteiger partial charge >= 0.3 is 5.97 Å². The minimum atomic E-state index is -1.000. The van der Waals surface area contributed by atoms with Gasteiger partial charge in [-0.2, -0.15) is 0 Å². The number of hydrogen-bond donors (Lipinski definition) is 2. The molecule has 1 aromatic carbocycles. The molecule has 0 fully saturated rings. The van der Waals surface area contributed by atoms with Gasteiger partial charge in [0.05, 0.1) is 10.5 Å². The summed E-state index contributed by atoms with van der Waals surface area (Å²) >= 11 is 0. The molecule has 0 atom stereocenters. The molecule has 0 aliphatic rings. The van der Waals surface area contributed by atoms with Gasteiger partial charge in [-0.25, -0.2) is 9.78 Å². The summed E-state index contributed by atoms with van der Waals surface area (Å²) in [4.78, 5) is 24.5. The summed E-state index contributed by atoms with van der Waals surface area (Å²) in [7, 11) is 0. The van der Waals surface area contributed by atoms with Crippen molar-refractivity contribution in [2.45, 2.75) is 0 Å². The van der Waals surface area contributed by atoms with Gasteiger partial charge in [0.15, 0.2) is 0 Å². The van der Waals surface area contributed by atoms with Gasteiger partial charge in [-0.05, 0) is 30.3 Å². The fourth-order valence-corrected chi connectivity index (χ4v) is 1.41. The summed E-state index contributed by atoms with van der Waals surface area (Å²) < 4.78 is 0. The van der Waals surface area contributed by atoms with Gasteiger partial charge in [0, 0.05) is 11.8 Å². The van der Waals surface area contributed by atoms with Crippen LogP contribution in [0.1, 0.15) is 10.4 Å². The van der Waals surface area contributed by atoms with Crippen LogP contribution in [0.3, 0.4) is 0 Å². The molecular weight excluding hydrogens is 250 g/mol. The Morgan fingerprint density at radius 3 is 2.37 bits per heavy atom. The van der Waals surface area contributed by atoms with Crippen molar-refractivity contribution in [3.63, 3.8) is 0 Å². The van der Waals surface area contributed by atoms with Crippen molar-refractivity contribution in [1.82, 2.24) is 4.98 Å². The Bertz CT molecular complexity index is 552. The van der Waals surface area contributed by atoms with Gasteiger partial charge in [-0.15, -0.1) is 0 Å². The first-order valence-corrected chi connectivity index (χ1v) is 5.27. The Balaban J connectivity index is 2.12. The number of carboxylic acid groups (broad SMARTS) is 1. The van der Waals surface area contributed by atoms with Crippen LogP contribution in [0.5, 0.6) is 0 Å². The van der Waals surface area contributed by atoms with E-state index in [0.717, 1.165) is 6.20 Å². The highest BCUT2D eigenvalue weighted by Crippen LogP contribution is 2.17. The molecule has 96 valence electrons. The molecule has 7 nitrogen and oxygen atoms in total. The van der Waals surface area contributed by atoms with Gasteiger partial charge in [0.25, 0.3) is 5.69 Å². The van der Waals surface area contributed by atoms with Crippen LogP contribution in [0.15, 0.2) is 42.6 Å². The standard InChI is InChI=1S/C12H9N3O4/c16-12(17)8-1-3-9(4-2-8)14-11-6-5-10(7-13-11)15(18)19/h1-7H,(H,13,14)(H,16,17). The normalized spacial score (nSPS) is 9.89. The Kier molecular flexibility index (Phi) is 3.37.